The summed E-state index contributed by atoms with van der Waals surface area (Å²) in [7, 11) is 0. The smallest absolute Gasteiger partial charge is 0.324 e. The molecule has 5 nitrogen and oxygen atoms in total. The summed E-state index contributed by atoms with van der Waals surface area (Å²) in [5.41, 5.74) is 2.31. The zero-order chi connectivity index (χ0) is 15.2. The maximum Gasteiger partial charge on any atom is 0.324 e. The van der Waals surface area contributed by atoms with Gasteiger partial charge in [-0.15, -0.1) is 10.0 Å². The summed E-state index contributed by atoms with van der Waals surface area (Å²) in [5, 5.41) is 2.96. The van der Waals surface area contributed by atoms with E-state index in [2.05, 4.69) is 5.32 Å². The van der Waals surface area contributed by atoms with Crippen molar-refractivity contribution in [3.05, 3.63) is 35.9 Å². The lowest BCUT2D eigenvalue weighted by molar-refractivity contribution is -0.150. The molecule has 0 bridgehead atoms. The molecule has 1 aromatic carbocycles. The van der Waals surface area contributed by atoms with Crippen LogP contribution in [0.4, 0.5) is 4.48 Å². The number of nitrogens with one attached hydrogen (secondary N) is 2. The molecule has 6 heteroatoms. The summed E-state index contributed by atoms with van der Waals surface area (Å²) in [6.07, 6.45) is 0.510. The van der Waals surface area contributed by atoms with Crippen molar-refractivity contribution in [2.75, 3.05) is 6.54 Å². The van der Waals surface area contributed by atoms with Gasteiger partial charge in [0.25, 0.3) is 0 Å². The van der Waals surface area contributed by atoms with Crippen molar-refractivity contribution >= 4 is 11.8 Å². The fourth-order valence-electron chi connectivity index (χ4n) is 2.45. The van der Waals surface area contributed by atoms with Crippen molar-refractivity contribution in [2.24, 2.45) is 5.92 Å². The molecular weight excluding hydrogens is 275 g/mol. The van der Waals surface area contributed by atoms with Crippen LogP contribution in [0.15, 0.2) is 30.3 Å². The summed E-state index contributed by atoms with van der Waals surface area (Å²) >= 11 is 0. The molecule has 1 aliphatic rings. The van der Waals surface area contributed by atoms with Crippen molar-refractivity contribution in [3.8, 4) is 0 Å². The molecule has 0 aliphatic carbocycles. The third-order valence-corrected chi connectivity index (χ3v) is 3.66. The van der Waals surface area contributed by atoms with Gasteiger partial charge in [0.05, 0.1) is 6.04 Å². The van der Waals surface area contributed by atoms with Crippen molar-refractivity contribution in [1.29, 1.82) is 0 Å². The molecule has 2 rings (SSSR count). The third-order valence-electron chi connectivity index (χ3n) is 3.66. The van der Waals surface area contributed by atoms with E-state index in [1.807, 2.05) is 30.3 Å². The second-order valence-corrected chi connectivity index (χ2v) is 5.15. The average Bonchev–Trinajstić information content (AvgIpc) is 3.01. The Labute approximate surface area is 122 Å². The van der Waals surface area contributed by atoms with E-state index >= 15 is 0 Å². The average molecular weight is 294 g/mol. The summed E-state index contributed by atoms with van der Waals surface area (Å²) in [6, 6.07) is 7.69. The van der Waals surface area contributed by atoms with Crippen LogP contribution in [-0.4, -0.2) is 30.4 Å². The number of ketones is 1. The summed E-state index contributed by atoms with van der Waals surface area (Å²) in [6.45, 7) is 2.14. The monoisotopic (exact) mass is 294 g/mol. The van der Waals surface area contributed by atoms with E-state index in [-0.39, 0.29) is 12.4 Å². The highest BCUT2D eigenvalue weighted by atomic mass is 19.2. The molecule has 3 atom stereocenters. The van der Waals surface area contributed by atoms with Crippen LogP contribution in [-0.2, 0) is 20.9 Å². The lowest BCUT2D eigenvalue weighted by Crippen LogP contribution is -2.44. The molecule has 114 valence electrons. The van der Waals surface area contributed by atoms with Gasteiger partial charge in [-0.25, -0.2) is 0 Å². The summed E-state index contributed by atoms with van der Waals surface area (Å²) < 4.78 is 17.6. The number of carbonyl (C=O) groups is 2. The number of rotatable bonds is 6. The summed E-state index contributed by atoms with van der Waals surface area (Å²) in [5.74, 6) is -1.34. The van der Waals surface area contributed by atoms with Crippen LogP contribution in [0.25, 0.3) is 0 Å². The predicted molar refractivity (Wildman–Crippen MR) is 74.8 cm³/mol. The number of esters is 1. The fraction of sp³-hybridized carbons (Fsp3) is 0.467. The van der Waals surface area contributed by atoms with Crippen LogP contribution in [0, 0.1) is 5.92 Å². The lowest BCUT2D eigenvalue weighted by Gasteiger charge is -2.19. The van der Waals surface area contributed by atoms with E-state index in [9.17, 15) is 14.1 Å². The van der Waals surface area contributed by atoms with Gasteiger partial charge in [-0.05, 0) is 25.5 Å². The number of halogens is 1. The standard InChI is InChI=1S/C15H19FN2O3/c1-10(18-16)14(19)12-7-8-17-13(12)15(20)21-9-11-5-3-2-4-6-11/h2-6,10,12-13,17-18H,7-9H2,1H3/t10-,12?,13-/m0/s1. The molecule has 0 aromatic heterocycles. The zero-order valence-electron chi connectivity index (χ0n) is 11.8. The first-order valence-corrected chi connectivity index (χ1v) is 6.97. The van der Waals surface area contributed by atoms with Crippen LogP contribution >= 0.6 is 0 Å². The quantitative estimate of drug-likeness (QED) is 0.608. The Bertz CT molecular complexity index is 495. The van der Waals surface area contributed by atoms with E-state index in [1.54, 1.807) is 0 Å². The van der Waals surface area contributed by atoms with Gasteiger partial charge in [0, 0.05) is 5.92 Å². The van der Waals surface area contributed by atoms with Crippen LogP contribution < -0.4 is 10.9 Å². The van der Waals surface area contributed by atoms with E-state index < -0.39 is 24.0 Å². The minimum Gasteiger partial charge on any atom is -0.460 e. The Morgan fingerprint density at radius 1 is 1.43 bits per heavy atom. The van der Waals surface area contributed by atoms with E-state index in [4.69, 9.17) is 4.74 Å². The van der Waals surface area contributed by atoms with Crippen LogP contribution in [0.1, 0.15) is 18.9 Å². The van der Waals surface area contributed by atoms with Gasteiger partial charge >= 0.3 is 5.97 Å². The second-order valence-electron chi connectivity index (χ2n) is 5.15. The zero-order valence-corrected chi connectivity index (χ0v) is 11.8. The molecule has 0 radical (unpaired) electrons. The first kappa shape index (κ1) is 15.6. The number of hydrogen-bond acceptors (Lipinski definition) is 5. The number of ether oxygens (including phenoxy) is 1. The highest BCUT2D eigenvalue weighted by Gasteiger charge is 2.40. The van der Waals surface area contributed by atoms with Crippen molar-refractivity contribution in [2.45, 2.75) is 32.0 Å². The number of carbonyl (C=O) groups excluding carboxylic acids is 2. The topological polar surface area (TPSA) is 67.4 Å². The van der Waals surface area contributed by atoms with Crippen LogP contribution in [0.5, 0.6) is 0 Å². The van der Waals surface area contributed by atoms with Crippen LogP contribution in [0.2, 0.25) is 0 Å². The second kappa shape index (κ2) is 7.28. The molecule has 1 heterocycles. The first-order valence-electron chi connectivity index (χ1n) is 6.97. The predicted octanol–water partition coefficient (Wildman–Crippen LogP) is 1.14. The largest absolute Gasteiger partial charge is 0.460 e. The van der Waals surface area contributed by atoms with Crippen molar-refractivity contribution in [3.63, 3.8) is 0 Å². The van der Waals surface area contributed by atoms with Gasteiger partial charge < -0.3 is 10.1 Å². The van der Waals surface area contributed by atoms with Gasteiger partial charge in [0.1, 0.15) is 12.6 Å². The number of hydrogen-bond donors (Lipinski definition) is 2. The molecule has 0 saturated carbocycles. The minimum atomic E-state index is -0.917. The Kier molecular flexibility index (Phi) is 5.41. The Balaban J connectivity index is 1.93. The first-order chi connectivity index (χ1) is 10.1. The van der Waals surface area contributed by atoms with Gasteiger partial charge in [0.15, 0.2) is 5.78 Å². The molecule has 1 unspecified atom stereocenters. The van der Waals surface area contributed by atoms with Gasteiger partial charge in [0.2, 0.25) is 0 Å². The highest BCUT2D eigenvalue weighted by molar-refractivity contribution is 5.92. The molecule has 1 aliphatic heterocycles. The number of Topliss-reactive ketones (excluding diaryl/α,β-unsaturated/α-hetero) is 1. The van der Waals surface area contributed by atoms with E-state index in [0.717, 1.165) is 5.56 Å². The molecule has 1 aromatic rings. The SMILES string of the molecule is C[C@H](NF)C(=O)C1CCN[C@@H]1C(=O)OCc1ccccc1. The third kappa shape index (κ3) is 3.86. The van der Waals surface area contributed by atoms with E-state index in [1.165, 1.54) is 12.5 Å². The Morgan fingerprint density at radius 3 is 2.81 bits per heavy atom. The molecule has 1 fully saturated rings. The fourth-order valence-corrected chi connectivity index (χ4v) is 2.45. The van der Waals surface area contributed by atoms with Crippen LogP contribution in [0.3, 0.4) is 0 Å². The lowest BCUT2D eigenvalue weighted by atomic mass is 9.92. The van der Waals surface area contributed by atoms with Crippen molar-refractivity contribution < 1.29 is 18.8 Å². The molecule has 2 N–H and O–H groups in total. The minimum absolute atomic E-state index is 0.162. The Morgan fingerprint density at radius 2 is 2.14 bits per heavy atom. The maximum atomic E-state index is 12.4. The normalized spacial score (nSPS) is 22.8. The van der Waals surface area contributed by atoms with Gasteiger partial charge in [-0.2, -0.15) is 0 Å². The highest BCUT2D eigenvalue weighted by Crippen LogP contribution is 2.20. The van der Waals surface area contributed by atoms with E-state index in [0.29, 0.717) is 13.0 Å². The summed E-state index contributed by atoms with van der Waals surface area (Å²) in [4.78, 5) is 24.1. The molecular formula is C15H19FN2O3. The van der Waals surface area contributed by atoms with Gasteiger partial charge in [-0.3, -0.25) is 9.59 Å². The van der Waals surface area contributed by atoms with Crippen molar-refractivity contribution in [1.82, 2.24) is 10.9 Å². The maximum absolute atomic E-state index is 12.4. The number of benzene rings is 1. The molecule has 21 heavy (non-hydrogen) atoms. The molecule has 0 amide bonds. The molecule has 0 spiro atoms. The van der Waals surface area contributed by atoms with Gasteiger partial charge in [-0.1, -0.05) is 30.3 Å². The molecule has 1 saturated heterocycles. The Hall–Kier alpha value is -1.79.